The molecule has 1 amide bonds. The monoisotopic (exact) mass is 466 g/mol. The lowest BCUT2D eigenvalue weighted by atomic mass is 9.95. The Bertz CT molecular complexity index is 1140. The first-order valence-electron chi connectivity index (χ1n) is 10.2. The van der Waals surface area contributed by atoms with Crippen molar-refractivity contribution in [2.24, 2.45) is 0 Å². The summed E-state index contributed by atoms with van der Waals surface area (Å²) in [4.78, 5) is 30.7. The lowest BCUT2D eigenvalue weighted by Crippen LogP contribution is -2.38. The minimum absolute atomic E-state index is 0.102. The first-order valence-corrected chi connectivity index (χ1v) is 11.4. The summed E-state index contributed by atoms with van der Waals surface area (Å²) in [7, 11) is 3.89. The lowest BCUT2D eigenvalue weighted by molar-refractivity contribution is -0.130. The molecule has 1 N–H and O–H groups in total. The molecule has 1 aliphatic rings. The Hall–Kier alpha value is -2.93. The Morgan fingerprint density at radius 3 is 2.38 bits per heavy atom. The summed E-state index contributed by atoms with van der Waals surface area (Å²) >= 11 is 7.37. The fraction of sp³-hybridized carbons (Fsp3) is 0.200. The maximum Gasteiger partial charge on any atom is 0.290 e. The number of Topliss-reactive ketones (excluding diaryl/α,β-unsaturated/α-hetero) is 1. The summed E-state index contributed by atoms with van der Waals surface area (Å²) in [6, 6.07) is 19.5. The van der Waals surface area contributed by atoms with E-state index in [0.717, 1.165) is 11.1 Å². The molecule has 2 aromatic carbocycles. The van der Waals surface area contributed by atoms with Gasteiger partial charge in [0.1, 0.15) is 0 Å². The van der Waals surface area contributed by atoms with Crippen molar-refractivity contribution >= 4 is 34.6 Å². The SMILES string of the molecule is CN(C)[C@H](CN1C(=O)C(O)=C(C(=O)c2cccs2)[C@@H]1c1ccc(Cl)cc1)c1ccccc1. The van der Waals surface area contributed by atoms with Crippen molar-refractivity contribution in [1.82, 2.24) is 9.80 Å². The Labute approximate surface area is 196 Å². The van der Waals surface area contributed by atoms with Gasteiger partial charge in [0.25, 0.3) is 5.91 Å². The van der Waals surface area contributed by atoms with Crippen molar-refractivity contribution < 1.29 is 14.7 Å². The van der Waals surface area contributed by atoms with E-state index in [2.05, 4.69) is 0 Å². The molecule has 4 rings (SSSR count). The zero-order valence-electron chi connectivity index (χ0n) is 17.7. The summed E-state index contributed by atoms with van der Waals surface area (Å²) in [5, 5.41) is 13.2. The van der Waals surface area contributed by atoms with Gasteiger partial charge in [0, 0.05) is 11.6 Å². The van der Waals surface area contributed by atoms with E-state index in [-0.39, 0.29) is 17.4 Å². The molecule has 7 heteroatoms. The number of carbonyl (C=O) groups is 2. The van der Waals surface area contributed by atoms with E-state index in [4.69, 9.17) is 11.6 Å². The summed E-state index contributed by atoms with van der Waals surface area (Å²) in [6.07, 6.45) is 0. The standard InChI is InChI=1S/C25H23ClN2O3S/c1-27(2)19(16-7-4-3-5-8-16)15-28-22(17-10-12-18(26)13-11-17)21(24(30)25(28)31)23(29)20-9-6-14-32-20/h3-14,19,22,30H,15H2,1-2H3/t19-,22+/m1/s1. The second kappa shape index (κ2) is 9.28. The average molecular weight is 467 g/mol. The molecule has 0 aliphatic carbocycles. The van der Waals surface area contributed by atoms with E-state index >= 15 is 0 Å². The molecule has 0 spiro atoms. The van der Waals surface area contributed by atoms with Gasteiger partial charge in [-0.2, -0.15) is 0 Å². The smallest absolute Gasteiger partial charge is 0.290 e. The van der Waals surface area contributed by atoms with Gasteiger partial charge in [-0.05, 0) is 48.8 Å². The van der Waals surface area contributed by atoms with E-state index in [1.165, 1.54) is 11.3 Å². The van der Waals surface area contributed by atoms with Gasteiger partial charge in [0.05, 0.1) is 22.5 Å². The van der Waals surface area contributed by atoms with E-state index in [0.29, 0.717) is 16.4 Å². The molecule has 164 valence electrons. The summed E-state index contributed by atoms with van der Waals surface area (Å²) in [6.45, 7) is 0.300. The third kappa shape index (κ3) is 4.21. The fourth-order valence-corrected chi connectivity index (χ4v) is 4.84. The van der Waals surface area contributed by atoms with Crippen LogP contribution in [0.1, 0.15) is 32.9 Å². The number of hydrogen-bond acceptors (Lipinski definition) is 5. The Balaban J connectivity index is 1.78. The number of amides is 1. The molecule has 32 heavy (non-hydrogen) atoms. The van der Waals surface area contributed by atoms with Gasteiger partial charge in [0.15, 0.2) is 5.76 Å². The number of hydrogen-bond donors (Lipinski definition) is 1. The number of likely N-dealkylation sites (N-methyl/N-ethyl adjacent to an activating group) is 1. The largest absolute Gasteiger partial charge is 0.503 e. The predicted octanol–water partition coefficient (Wildman–Crippen LogP) is 5.28. The second-order valence-electron chi connectivity index (χ2n) is 7.87. The number of nitrogens with zero attached hydrogens (tertiary/aromatic N) is 2. The third-order valence-electron chi connectivity index (χ3n) is 5.66. The van der Waals surface area contributed by atoms with Crippen LogP contribution in [0.2, 0.25) is 5.02 Å². The molecule has 0 saturated heterocycles. The van der Waals surface area contributed by atoms with Crippen LogP contribution in [0.4, 0.5) is 0 Å². The molecule has 0 unspecified atom stereocenters. The molecule has 2 heterocycles. The number of ketones is 1. The Kier molecular flexibility index (Phi) is 6.46. The zero-order valence-corrected chi connectivity index (χ0v) is 19.3. The summed E-state index contributed by atoms with van der Waals surface area (Å²) in [5.74, 6) is -1.38. The van der Waals surface area contributed by atoms with Gasteiger partial charge in [-0.3, -0.25) is 9.59 Å². The van der Waals surface area contributed by atoms with Crippen LogP contribution in [0.3, 0.4) is 0 Å². The van der Waals surface area contributed by atoms with Crippen molar-refractivity contribution in [2.75, 3.05) is 20.6 Å². The van der Waals surface area contributed by atoms with Crippen LogP contribution < -0.4 is 0 Å². The molecule has 0 fully saturated rings. The summed E-state index contributed by atoms with van der Waals surface area (Å²) < 4.78 is 0. The molecule has 0 radical (unpaired) electrons. The lowest BCUT2D eigenvalue weighted by Gasteiger charge is -2.33. The Morgan fingerprint density at radius 1 is 1.09 bits per heavy atom. The number of benzene rings is 2. The van der Waals surface area contributed by atoms with Crippen molar-refractivity contribution in [2.45, 2.75) is 12.1 Å². The second-order valence-corrected chi connectivity index (χ2v) is 9.25. The molecule has 1 aromatic heterocycles. The van der Waals surface area contributed by atoms with Crippen molar-refractivity contribution in [1.29, 1.82) is 0 Å². The fourth-order valence-electron chi connectivity index (χ4n) is 4.03. The van der Waals surface area contributed by atoms with E-state index in [1.54, 1.807) is 46.7 Å². The molecule has 5 nitrogen and oxygen atoms in total. The molecule has 1 aliphatic heterocycles. The topological polar surface area (TPSA) is 60.9 Å². The quantitative estimate of drug-likeness (QED) is 0.481. The zero-order chi connectivity index (χ0) is 22.8. The van der Waals surface area contributed by atoms with E-state index in [9.17, 15) is 14.7 Å². The van der Waals surface area contributed by atoms with Gasteiger partial charge in [-0.1, -0.05) is 60.1 Å². The van der Waals surface area contributed by atoms with Crippen LogP contribution in [-0.2, 0) is 4.79 Å². The number of halogens is 1. The van der Waals surface area contributed by atoms with Gasteiger partial charge >= 0.3 is 0 Å². The number of aliphatic hydroxyl groups excluding tert-OH is 1. The molecular formula is C25H23ClN2O3S. The van der Waals surface area contributed by atoms with Gasteiger partial charge in [-0.25, -0.2) is 0 Å². The molecule has 0 bridgehead atoms. The number of thiophene rings is 1. The first-order chi connectivity index (χ1) is 15.4. The van der Waals surface area contributed by atoms with Crippen LogP contribution in [0.25, 0.3) is 0 Å². The number of rotatable bonds is 7. The normalized spacial score (nSPS) is 17.3. The van der Waals surface area contributed by atoms with Gasteiger partial charge < -0.3 is 14.9 Å². The van der Waals surface area contributed by atoms with Crippen LogP contribution in [0, 0.1) is 0 Å². The maximum absolute atomic E-state index is 13.3. The average Bonchev–Trinajstić information content (AvgIpc) is 3.41. The van der Waals surface area contributed by atoms with Crippen LogP contribution in [0.15, 0.2) is 83.4 Å². The molecule has 0 saturated carbocycles. The van der Waals surface area contributed by atoms with E-state index in [1.807, 2.05) is 49.3 Å². The predicted molar refractivity (Wildman–Crippen MR) is 127 cm³/mol. The molecular weight excluding hydrogens is 444 g/mol. The highest BCUT2D eigenvalue weighted by molar-refractivity contribution is 7.12. The van der Waals surface area contributed by atoms with Crippen molar-refractivity contribution in [3.05, 3.63) is 104 Å². The first kappa shape index (κ1) is 22.3. The highest BCUT2D eigenvalue weighted by atomic mass is 35.5. The third-order valence-corrected chi connectivity index (χ3v) is 6.78. The molecule has 3 aromatic rings. The Morgan fingerprint density at radius 2 is 1.78 bits per heavy atom. The van der Waals surface area contributed by atoms with Crippen LogP contribution in [0.5, 0.6) is 0 Å². The number of aliphatic hydroxyl groups is 1. The highest BCUT2D eigenvalue weighted by Gasteiger charge is 2.44. The van der Waals surface area contributed by atoms with Crippen LogP contribution >= 0.6 is 22.9 Å². The van der Waals surface area contributed by atoms with Gasteiger partial charge in [0.2, 0.25) is 5.78 Å². The number of carbonyl (C=O) groups excluding carboxylic acids is 2. The van der Waals surface area contributed by atoms with Crippen molar-refractivity contribution in [3.8, 4) is 0 Å². The minimum atomic E-state index is -0.708. The van der Waals surface area contributed by atoms with Crippen molar-refractivity contribution in [3.63, 3.8) is 0 Å². The molecule has 2 atom stereocenters. The van der Waals surface area contributed by atoms with Gasteiger partial charge in [-0.15, -0.1) is 11.3 Å². The maximum atomic E-state index is 13.3. The summed E-state index contributed by atoms with van der Waals surface area (Å²) in [5.41, 5.74) is 1.86. The van der Waals surface area contributed by atoms with Crippen LogP contribution in [-0.4, -0.2) is 47.2 Å². The minimum Gasteiger partial charge on any atom is -0.503 e. The highest BCUT2D eigenvalue weighted by Crippen LogP contribution is 2.41. The van der Waals surface area contributed by atoms with E-state index < -0.39 is 17.7 Å².